The van der Waals surface area contributed by atoms with Crippen LogP contribution in [0.25, 0.3) is 11.1 Å². The highest BCUT2D eigenvalue weighted by molar-refractivity contribution is 5.73. The molecule has 0 aliphatic rings. The summed E-state index contributed by atoms with van der Waals surface area (Å²) in [5.41, 5.74) is 4.28. The van der Waals surface area contributed by atoms with Gasteiger partial charge in [0.15, 0.2) is 5.58 Å². The van der Waals surface area contributed by atoms with Gasteiger partial charge in [-0.15, -0.1) is 0 Å². The second-order valence-corrected chi connectivity index (χ2v) is 4.68. The van der Waals surface area contributed by atoms with Crippen molar-refractivity contribution in [2.45, 2.75) is 33.1 Å². The van der Waals surface area contributed by atoms with E-state index in [1.165, 1.54) is 5.56 Å². The van der Waals surface area contributed by atoms with Gasteiger partial charge in [0.2, 0.25) is 0 Å². The number of pyridine rings is 1. The Morgan fingerprint density at radius 3 is 2.64 bits per heavy atom. The quantitative estimate of drug-likeness (QED) is 0.634. The maximum Gasteiger partial charge on any atom is 0.152 e. The van der Waals surface area contributed by atoms with E-state index in [0.717, 1.165) is 16.8 Å². The molecule has 0 aromatic carbocycles. The highest BCUT2D eigenvalue weighted by Crippen LogP contribution is 2.27. The topological polar surface area (TPSA) is 26.0 Å². The maximum atomic E-state index is 5.35. The molecule has 0 aliphatic carbocycles. The largest absolute Gasteiger partial charge is 0.463 e. The minimum atomic E-state index is 0.123. The van der Waals surface area contributed by atoms with E-state index in [-0.39, 0.29) is 5.41 Å². The summed E-state index contributed by atoms with van der Waals surface area (Å²) in [6, 6.07) is 3.99. The summed E-state index contributed by atoms with van der Waals surface area (Å²) in [5, 5.41) is 0. The van der Waals surface area contributed by atoms with Gasteiger partial charge < -0.3 is 4.42 Å². The summed E-state index contributed by atoms with van der Waals surface area (Å²) < 4.78 is 5.35. The minimum absolute atomic E-state index is 0.123. The molecule has 0 N–H and O–H groups in total. The monoisotopic (exact) mass is 189 g/mol. The Labute approximate surface area is 84.0 Å². The Morgan fingerprint density at radius 1 is 1.29 bits per heavy atom. The SMILES string of the molecule is Cc1nc2ccoc2cc1C(C)(C)C. The smallest absolute Gasteiger partial charge is 0.152 e. The normalized spacial score (nSPS) is 12.3. The predicted molar refractivity (Wildman–Crippen MR) is 57.4 cm³/mol. The first kappa shape index (κ1) is 9.25. The van der Waals surface area contributed by atoms with Crippen molar-refractivity contribution in [3.05, 3.63) is 29.7 Å². The van der Waals surface area contributed by atoms with Gasteiger partial charge in [0, 0.05) is 11.8 Å². The first-order chi connectivity index (χ1) is 6.48. The molecule has 2 aromatic rings. The average molecular weight is 189 g/mol. The average Bonchev–Trinajstić information content (AvgIpc) is 2.47. The van der Waals surface area contributed by atoms with E-state index >= 15 is 0 Å². The van der Waals surface area contributed by atoms with E-state index in [9.17, 15) is 0 Å². The third-order valence-electron chi connectivity index (χ3n) is 2.43. The molecule has 2 nitrogen and oxygen atoms in total. The van der Waals surface area contributed by atoms with E-state index in [1.807, 2.05) is 13.0 Å². The van der Waals surface area contributed by atoms with Crippen LogP contribution in [0, 0.1) is 6.92 Å². The van der Waals surface area contributed by atoms with Crippen molar-refractivity contribution in [3.8, 4) is 0 Å². The number of hydrogen-bond donors (Lipinski definition) is 0. The van der Waals surface area contributed by atoms with Crippen LogP contribution in [-0.2, 0) is 5.41 Å². The van der Waals surface area contributed by atoms with Gasteiger partial charge in [0.05, 0.1) is 6.26 Å². The molecule has 0 unspecified atom stereocenters. The molecule has 2 rings (SSSR count). The van der Waals surface area contributed by atoms with Gasteiger partial charge in [0.25, 0.3) is 0 Å². The molecule has 74 valence electrons. The van der Waals surface area contributed by atoms with E-state index in [1.54, 1.807) is 6.26 Å². The summed E-state index contributed by atoms with van der Waals surface area (Å²) in [6.45, 7) is 8.61. The first-order valence-electron chi connectivity index (χ1n) is 4.84. The Bertz CT molecular complexity index is 463. The van der Waals surface area contributed by atoms with Crippen LogP contribution in [0.3, 0.4) is 0 Å². The lowest BCUT2D eigenvalue weighted by Crippen LogP contribution is -2.13. The summed E-state index contributed by atoms with van der Waals surface area (Å²) in [4.78, 5) is 4.51. The summed E-state index contributed by atoms with van der Waals surface area (Å²) in [6.07, 6.45) is 1.68. The van der Waals surface area contributed by atoms with Crippen LogP contribution in [0.5, 0.6) is 0 Å². The number of rotatable bonds is 0. The number of furan rings is 1. The lowest BCUT2D eigenvalue weighted by molar-refractivity contribution is 0.576. The molecule has 0 atom stereocenters. The summed E-state index contributed by atoms with van der Waals surface area (Å²) >= 11 is 0. The van der Waals surface area contributed by atoms with Gasteiger partial charge in [-0.05, 0) is 24.0 Å². The van der Waals surface area contributed by atoms with Crippen LogP contribution in [-0.4, -0.2) is 4.98 Å². The van der Waals surface area contributed by atoms with Crippen LogP contribution in [0.1, 0.15) is 32.0 Å². The molecule has 0 spiro atoms. The molecule has 2 heteroatoms. The zero-order valence-corrected chi connectivity index (χ0v) is 9.09. The number of aromatic nitrogens is 1. The van der Waals surface area contributed by atoms with Crippen LogP contribution in [0.4, 0.5) is 0 Å². The highest BCUT2D eigenvalue weighted by atomic mass is 16.3. The zero-order chi connectivity index (χ0) is 10.3. The van der Waals surface area contributed by atoms with Crippen LogP contribution in [0.2, 0.25) is 0 Å². The highest BCUT2D eigenvalue weighted by Gasteiger charge is 2.18. The standard InChI is InChI=1S/C12H15NO/c1-8-9(12(2,3)4)7-11-10(13-8)5-6-14-11/h5-7H,1-4H3. The van der Waals surface area contributed by atoms with Gasteiger partial charge >= 0.3 is 0 Å². The van der Waals surface area contributed by atoms with Crippen molar-refractivity contribution in [2.75, 3.05) is 0 Å². The molecule has 0 aliphatic heterocycles. The molecule has 14 heavy (non-hydrogen) atoms. The molecule has 2 aromatic heterocycles. The second-order valence-electron chi connectivity index (χ2n) is 4.68. The molecule has 0 bridgehead atoms. The number of aryl methyl sites for hydroxylation is 1. The molecule has 0 saturated carbocycles. The fourth-order valence-electron chi connectivity index (χ4n) is 1.75. The first-order valence-corrected chi connectivity index (χ1v) is 4.84. The maximum absolute atomic E-state index is 5.35. The lowest BCUT2D eigenvalue weighted by atomic mass is 9.86. The molecular weight excluding hydrogens is 174 g/mol. The van der Waals surface area contributed by atoms with Crippen molar-refractivity contribution in [2.24, 2.45) is 0 Å². The van der Waals surface area contributed by atoms with E-state index in [2.05, 4.69) is 31.8 Å². The second kappa shape index (κ2) is 2.84. The fraction of sp³-hybridized carbons (Fsp3) is 0.417. The Kier molecular flexibility index (Phi) is 1.88. The molecule has 0 radical (unpaired) electrons. The van der Waals surface area contributed by atoms with Crippen LogP contribution >= 0.6 is 0 Å². The third kappa shape index (κ3) is 1.41. The summed E-state index contributed by atoms with van der Waals surface area (Å²) in [7, 11) is 0. The molecule has 0 fully saturated rings. The van der Waals surface area contributed by atoms with Gasteiger partial charge in [0.1, 0.15) is 5.52 Å². The van der Waals surface area contributed by atoms with Crippen LogP contribution in [0.15, 0.2) is 22.8 Å². The van der Waals surface area contributed by atoms with Crippen molar-refractivity contribution in [3.63, 3.8) is 0 Å². The van der Waals surface area contributed by atoms with E-state index in [0.29, 0.717) is 0 Å². The van der Waals surface area contributed by atoms with Crippen molar-refractivity contribution in [1.29, 1.82) is 0 Å². The lowest BCUT2D eigenvalue weighted by Gasteiger charge is -2.20. The van der Waals surface area contributed by atoms with Gasteiger partial charge in [-0.1, -0.05) is 20.8 Å². The number of nitrogens with zero attached hydrogens (tertiary/aromatic N) is 1. The van der Waals surface area contributed by atoms with E-state index in [4.69, 9.17) is 4.42 Å². The van der Waals surface area contributed by atoms with Crippen molar-refractivity contribution < 1.29 is 4.42 Å². The van der Waals surface area contributed by atoms with Crippen molar-refractivity contribution in [1.82, 2.24) is 4.98 Å². The minimum Gasteiger partial charge on any atom is -0.463 e. The molecule has 2 heterocycles. The molecule has 0 saturated heterocycles. The number of hydrogen-bond acceptors (Lipinski definition) is 2. The van der Waals surface area contributed by atoms with E-state index < -0.39 is 0 Å². The fourth-order valence-corrected chi connectivity index (χ4v) is 1.75. The predicted octanol–water partition coefficient (Wildman–Crippen LogP) is 3.43. The van der Waals surface area contributed by atoms with Gasteiger partial charge in [-0.3, -0.25) is 0 Å². The third-order valence-corrected chi connectivity index (χ3v) is 2.43. The Morgan fingerprint density at radius 2 is 2.00 bits per heavy atom. The Balaban J connectivity index is 2.71. The van der Waals surface area contributed by atoms with Gasteiger partial charge in [-0.25, -0.2) is 4.98 Å². The molecular formula is C12H15NO. The Hall–Kier alpha value is -1.31. The van der Waals surface area contributed by atoms with Crippen molar-refractivity contribution >= 4 is 11.1 Å². The summed E-state index contributed by atoms with van der Waals surface area (Å²) in [5.74, 6) is 0. The van der Waals surface area contributed by atoms with Gasteiger partial charge in [-0.2, -0.15) is 0 Å². The zero-order valence-electron chi connectivity index (χ0n) is 9.09. The molecule has 0 amide bonds. The van der Waals surface area contributed by atoms with Crippen LogP contribution < -0.4 is 0 Å². The number of fused-ring (bicyclic) bond motifs is 1.